The number of benzene rings is 1. The van der Waals surface area contributed by atoms with Crippen LogP contribution in [-0.2, 0) is 22.5 Å². The van der Waals surface area contributed by atoms with Gasteiger partial charge in [-0.15, -0.1) is 21.5 Å². The first-order valence-electron chi connectivity index (χ1n) is 11.4. The number of carbonyl (C=O) groups excluding carboxylic acids is 1. The minimum Gasteiger partial charge on any atom is -0.378 e. The third-order valence-electron chi connectivity index (χ3n) is 6.42. The fourth-order valence-electron chi connectivity index (χ4n) is 4.65. The monoisotopic (exact) mass is 530 g/mol. The number of halogens is 1. The number of fused-ring (bicyclic) bond motifs is 5. The zero-order chi connectivity index (χ0) is 24.1. The van der Waals surface area contributed by atoms with E-state index in [9.17, 15) is 9.59 Å². The molecule has 1 fully saturated rings. The topological polar surface area (TPSA) is 85.0 Å². The van der Waals surface area contributed by atoms with Crippen LogP contribution in [0.1, 0.15) is 10.4 Å². The van der Waals surface area contributed by atoms with E-state index in [2.05, 4.69) is 22.1 Å². The first kappa shape index (κ1) is 23.0. The number of thioether (sulfide) groups is 1. The molecule has 3 aromatic heterocycles. The number of hydrogen-bond acceptors (Lipinski definition) is 8. The molecule has 1 saturated heterocycles. The number of likely N-dealkylation sites (N-methyl/N-ethyl adjacent to an activating group) is 1. The lowest BCUT2D eigenvalue weighted by atomic mass is 10.1. The van der Waals surface area contributed by atoms with E-state index in [0.717, 1.165) is 29.9 Å². The average Bonchev–Trinajstić information content (AvgIpc) is 3.44. The molecule has 1 amide bonds. The lowest BCUT2D eigenvalue weighted by Crippen LogP contribution is -2.41. The molecule has 6 rings (SSSR count). The molecule has 0 unspecified atom stereocenters. The van der Waals surface area contributed by atoms with Crippen molar-refractivity contribution in [2.75, 3.05) is 45.6 Å². The van der Waals surface area contributed by atoms with Crippen molar-refractivity contribution in [2.24, 2.45) is 0 Å². The summed E-state index contributed by atoms with van der Waals surface area (Å²) in [4.78, 5) is 32.8. The lowest BCUT2D eigenvalue weighted by Gasteiger charge is -2.26. The number of carbonyl (C=O) groups is 1. The fraction of sp³-hybridized carbons (Fsp3) is 0.391. The molecule has 0 atom stereocenters. The van der Waals surface area contributed by atoms with Crippen LogP contribution in [0.3, 0.4) is 0 Å². The van der Waals surface area contributed by atoms with Crippen LogP contribution in [0, 0.1) is 0 Å². The maximum absolute atomic E-state index is 13.9. The second-order valence-electron chi connectivity index (χ2n) is 8.69. The Kier molecular flexibility index (Phi) is 6.05. The Hall–Kier alpha value is -2.44. The maximum atomic E-state index is 13.9. The highest BCUT2D eigenvalue weighted by Gasteiger charge is 2.27. The molecule has 0 bridgehead atoms. The van der Waals surface area contributed by atoms with E-state index < -0.39 is 0 Å². The standard InChI is InChI=1S/C23H23ClN6O3S2/c1-27-6-5-16-17(12-27)35-21-19(16)20(32)29(15-4-2-3-14(24)11-15)22-25-26-23(30(21)22)34-13-18(31)28-7-9-33-10-8-28/h2-4,11H,5-10,12-13H2,1H3. The van der Waals surface area contributed by atoms with Gasteiger partial charge < -0.3 is 14.5 Å². The molecule has 0 radical (unpaired) electrons. The number of morpholine rings is 1. The summed E-state index contributed by atoms with van der Waals surface area (Å²) >= 11 is 9.23. The van der Waals surface area contributed by atoms with Crippen molar-refractivity contribution in [3.63, 3.8) is 0 Å². The Balaban J connectivity index is 1.51. The molecule has 0 N–H and O–H groups in total. The summed E-state index contributed by atoms with van der Waals surface area (Å²) in [6, 6.07) is 7.19. The van der Waals surface area contributed by atoms with Gasteiger partial charge in [-0.05, 0) is 37.2 Å². The first-order valence-corrected chi connectivity index (χ1v) is 13.6. The van der Waals surface area contributed by atoms with Crippen molar-refractivity contribution in [1.29, 1.82) is 0 Å². The number of hydrogen-bond donors (Lipinski definition) is 0. The summed E-state index contributed by atoms with van der Waals surface area (Å²) in [7, 11) is 2.09. The third-order valence-corrected chi connectivity index (χ3v) is 8.77. The van der Waals surface area contributed by atoms with E-state index in [1.165, 1.54) is 16.6 Å². The summed E-state index contributed by atoms with van der Waals surface area (Å²) in [5, 5.41) is 10.7. The minimum absolute atomic E-state index is 0.0431. The summed E-state index contributed by atoms with van der Waals surface area (Å²) in [6.07, 6.45) is 0.808. The van der Waals surface area contributed by atoms with Crippen LogP contribution in [0.25, 0.3) is 21.7 Å². The van der Waals surface area contributed by atoms with Gasteiger partial charge in [0, 0.05) is 36.1 Å². The number of nitrogens with zero attached hydrogens (tertiary/aromatic N) is 6. The van der Waals surface area contributed by atoms with Gasteiger partial charge >= 0.3 is 0 Å². The highest BCUT2D eigenvalue weighted by molar-refractivity contribution is 7.99. The minimum atomic E-state index is -0.120. The second-order valence-corrected chi connectivity index (χ2v) is 11.2. The highest BCUT2D eigenvalue weighted by atomic mass is 35.5. The van der Waals surface area contributed by atoms with Gasteiger partial charge in [-0.25, -0.2) is 8.97 Å². The van der Waals surface area contributed by atoms with Gasteiger partial charge in [0.1, 0.15) is 4.83 Å². The highest BCUT2D eigenvalue weighted by Crippen LogP contribution is 2.35. The van der Waals surface area contributed by atoms with Crippen molar-refractivity contribution >= 4 is 56.6 Å². The van der Waals surface area contributed by atoms with Gasteiger partial charge in [0.15, 0.2) is 5.16 Å². The largest absolute Gasteiger partial charge is 0.378 e. The molecule has 0 saturated carbocycles. The van der Waals surface area contributed by atoms with Crippen LogP contribution in [0.15, 0.2) is 34.2 Å². The quantitative estimate of drug-likeness (QED) is 0.375. The number of aromatic nitrogens is 4. The van der Waals surface area contributed by atoms with Gasteiger partial charge in [0.25, 0.3) is 5.56 Å². The van der Waals surface area contributed by atoms with E-state index in [4.69, 9.17) is 16.3 Å². The normalized spacial score (nSPS) is 16.8. The molecule has 1 aromatic carbocycles. The van der Waals surface area contributed by atoms with Crippen molar-refractivity contribution in [2.45, 2.75) is 18.1 Å². The number of amides is 1. The summed E-state index contributed by atoms with van der Waals surface area (Å²) < 4.78 is 8.87. The molecule has 0 spiro atoms. The van der Waals surface area contributed by atoms with Crippen LogP contribution in [-0.4, -0.2) is 80.5 Å². The van der Waals surface area contributed by atoms with Gasteiger partial charge in [-0.3, -0.25) is 9.59 Å². The van der Waals surface area contributed by atoms with E-state index in [-0.39, 0.29) is 17.2 Å². The molecule has 0 aliphatic carbocycles. The second kappa shape index (κ2) is 9.21. The van der Waals surface area contributed by atoms with E-state index >= 15 is 0 Å². The molecular formula is C23H23ClN6O3S2. The Morgan fingerprint density at radius 1 is 1.23 bits per heavy atom. The van der Waals surface area contributed by atoms with Gasteiger partial charge in [-0.1, -0.05) is 29.4 Å². The van der Waals surface area contributed by atoms with Crippen molar-refractivity contribution in [3.8, 4) is 5.69 Å². The molecule has 4 aromatic rings. The number of ether oxygens (including phenoxy) is 1. The van der Waals surface area contributed by atoms with E-state index in [1.54, 1.807) is 28.0 Å². The lowest BCUT2D eigenvalue weighted by molar-refractivity contribution is -0.132. The smallest absolute Gasteiger partial charge is 0.268 e. The molecular weight excluding hydrogens is 508 g/mol. The average molecular weight is 531 g/mol. The maximum Gasteiger partial charge on any atom is 0.268 e. The molecule has 2 aliphatic heterocycles. The van der Waals surface area contributed by atoms with Gasteiger partial charge in [0.2, 0.25) is 11.7 Å². The number of thiophene rings is 1. The summed E-state index contributed by atoms with van der Waals surface area (Å²) in [5.41, 5.74) is 1.61. The molecule has 12 heteroatoms. The number of rotatable bonds is 4. The molecule has 182 valence electrons. The Labute approximate surface area is 214 Å². The predicted octanol–water partition coefficient (Wildman–Crippen LogP) is 2.69. The fourth-order valence-corrected chi connectivity index (χ4v) is 7.15. The van der Waals surface area contributed by atoms with Crippen molar-refractivity contribution in [1.82, 2.24) is 29.0 Å². The molecule has 35 heavy (non-hydrogen) atoms. The predicted molar refractivity (Wildman–Crippen MR) is 137 cm³/mol. The van der Waals surface area contributed by atoms with Gasteiger partial charge in [0.05, 0.1) is 30.0 Å². The van der Waals surface area contributed by atoms with Crippen LogP contribution >= 0.6 is 34.7 Å². The molecule has 9 nitrogen and oxygen atoms in total. The Bertz CT molecular complexity index is 1510. The zero-order valence-corrected chi connectivity index (χ0v) is 21.5. The van der Waals surface area contributed by atoms with Crippen LogP contribution in [0.5, 0.6) is 0 Å². The Morgan fingerprint density at radius 3 is 2.86 bits per heavy atom. The third kappa shape index (κ3) is 4.05. The van der Waals surface area contributed by atoms with Crippen LogP contribution in [0.4, 0.5) is 0 Å². The molecule has 5 heterocycles. The van der Waals surface area contributed by atoms with Crippen LogP contribution in [0.2, 0.25) is 5.02 Å². The summed E-state index contributed by atoms with van der Waals surface area (Å²) in [5.74, 6) is 0.700. The zero-order valence-electron chi connectivity index (χ0n) is 19.1. The van der Waals surface area contributed by atoms with Gasteiger partial charge in [-0.2, -0.15) is 0 Å². The first-order chi connectivity index (χ1) is 17.0. The van der Waals surface area contributed by atoms with Crippen molar-refractivity contribution < 1.29 is 9.53 Å². The van der Waals surface area contributed by atoms with Crippen molar-refractivity contribution in [3.05, 3.63) is 50.1 Å². The summed E-state index contributed by atoms with van der Waals surface area (Å²) in [6.45, 7) is 4.02. The SMILES string of the molecule is CN1CCc2c(sc3c2c(=O)n(-c2cccc(Cl)c2)c2nnc(SCC(=O)N4CCOCC4)n32)C1. The Morgan fingerprint density at radius 2 is 2.06 bits per heavy atom. The van der Waals surface area contributed by atoms with E-state index in [0.29, 0.717) is 53.3 Å². The molecule has 2 aliphatic rings. The van der Waals surface area contributed by atoms with E-state index in [1.807, 2.05) is 21.4 Å². The van der Waals surface area contributed by atoms with Crippen LogP contribution < -0.4 is 5.56 Å².